The van der Waals surface area contributed by atoms with Crippen LogP contribution in [0.1, 0.15) is 41.2 Å². The van der Waals surface area contributed by atoms with Crippen LogP contribution in [0.5, 0.6) is 0 Å². The molecule has 0 atom stereocenters. The Morgan fingerprint density at radius 3 is 2.46 bits per heavy atom. The minimum absolute atomic E-state index is 0.236. The third-order valence-electron chi connectivity index (χ3n) is 4.13. The molecule has 6 nitrogen and oxygen atoms in total. The number of aryl methyl sites for hydroxylation is 3. The zero-order valence-electron chi connectivity index (χ0n) is 15.2. The van der Waals surface area contributed by atoms with E-state index in [4.69, 9.17) is 4.52 Å². The van der Waals surface area contributed by atoms with Crippen molar-refractivity contribution in [1.82, 2.24) is 10.1 Å². The number of amides is 1. The summed E-state index contributed by atoms with van der Waals surface area (Å²) < 4.78 is 5.04. The summed E-state index contributed by atoms with van der Waals surface area (Å²) in [5.41, 5.74) is 4.17. The van der Waals surface area contributed by atoms with E-state index in [2.05, 4.69) is 34.6 Å². The van der Waals surface area contributed by atoms with Gasteiger partial charge in [-0.3, -0.25) is 9.78 Å². The molecule has 0 fully saturated rings. The van der Waals surface area contributed by atoms with Crippen molar-refractivity contribution < 1.29 is 9.32 Å². The first-order chi connectivity index (χ1) is 12.6. The van der Waals surface area contributed by atoms with Crippen LogP contribution in [0.25, 0.3) is 0 Å². The Hall–Kier alpha value is -3.15. The molecular weight excluding hydrogens is 328 g/mol. The third kappa shape index (κ3) is 3.91. The highest BCUT2D eigenvalue weighted by molar-refractivity contribution is 6.04. The lowest BCUT2D eigenvalue weighted by molar-refractivity contribution is 0.102. The largest absolute Gasteiger partial charge is 0.360 e. The first kappa shape index (κ1) is 17.7. The normalized spacial score (nSPS) is 10.6. The molecule has 2 N–H and O–H groups in total. The lowest BCUT2D eigenvalue weighted by atomic mass is 10.0. The number of para-hydroxylation sites is 1. The highest BCUT2D eigenvalue weighted by Crippen LogP contribution is 2.24. The van der Waals surface area contributed by atoms with Gasteiger partial charge in [-0.1, -0.05) is 37.2 Å². The molecular formula is C20H22N4O2. The zero-order valence-corrected chi connectivity index (χ0v) is 15.2. The molecule has 0 aliphatic rings. The van der Waals surface area contributed by atoms with Gasteiger partial charge in [-0.2, -0.15) is 0 Å². The van der Waals surface area contributed by atoms with E-state index in [-0.39, 0.29) is 5.91 Å². The molecule has 134 valence electrons. The standard InChI is InChI=1S/C20H22N4O2/c1-4-14-7-6-8-15(5-2)19(14)23-20(25)17-12-16(9-10-21-17)22-18-11-13(3)26-24-18/h6-12H,4-5H2,1-3H3,(H,23,25)(H,21,22,24). The number of nitrogens with zero attached hydrogens (tertiary/aromatic N) is 2. The van der Waals surface area contributed by atoms with Gasteiger partial charge >= 0.3 is 0 Å². The molecule has 26 heavy (non-hydrogen) atoms. The molecule has 0 aliphatic carbocycles. The van der Waals surface area contributed by atoms with E-state index in [0.717, 1.165) is 35.3 Å². The van der Waals surface area contributed by atoms with Gasteiger partial charge in [0.15, 0.2) is 5.82 Å². The molecule has 0 aliphatic heterocycles. The van der Waals surface area contributed by atoms with E-state index >= 15 is 0 Å². The summed E-state index contributed by atoms with van der Waals surface area (Å²) in [5.74, 6) is 1.06. The molecule has 0 saturated carbocycles. The van der Waals surface area contributed by atoms with Crippen molar-refractivity contribution in [3.63, 3.8) is 0 Å². The zero-order chi connectivity index (χ0) is 18.5. The quantitative estimate of drug-likeness (QED) is 0.684. The number of benzene rings is 1. The summed E-state index contributed by atoms with van der Waals surface area (Å²) in [6.07, 6.45) is 3.30. The molecule has 0 radical (unpaired) electrons. The van der Waals surface area contributed by atoms with Gasteiger partial charge in [0.2, 0.25) is 0 Å². The third-order valence-corrected chi connectivity index (χ3v) is 4.13. The second-order valence-corrected chi connectivity index (χ2v) is 5.99. The number of carbonyl (C=O) groups is 1. The summed E-state index contributed by atoms with van der Waals surface area (Å²) in [5, 5.41) is 10.0. The van der Waals surface area contributed by atoms with E-state index in [0.29, 0.717) is 17.3 Å². The van der Waals surface area contributed by atoms with Gasteiger partial charge < -0.3 is 15.2 Å². The van der Waals surface area contributed by atoms with Crippen LogP contribution in [0.15, 0.2) is 47.1 Å². The highest BCUT2D eigenvalue weighted by atomic mass is 16.5. The molecule has 3 aromatic rings. The maximum absolute atomic E-state index is 12.7. The first-order valence-electron chi connectivity index (χ1n) is 8.69. The number of hydrogen-bond acceptors (Lipinski definition) is 5. The number of rotatable bonds is 6. The fourth-order valence-corrected chi connectivity index (χ4v) is 2.79. The second-order valence-electron chi connectivity index (χ2n) is 5.99. The molecule has 2 aromatic heterocycles. The van der Waals surface area contributed by atoms with Crippen molar-refractivity contribution >= 4 is 23.1 Å². The van der Waals surface area contributed by atoms with Crippen LogP contribution < -0.4 is 10.6 Å². The van der Waals surface area contributed by atoms with Crippen molar-refractivity contribution in [2.75, 3.05) is 10.6 Å². The first-order valence-corrected chi connectivity index (χ1v) is 8.69. The summed E-state index contributed by atoms with van der Waals surface area (Å²) in [6.45, 7) is 5.97. The fourth-order valence-electron chi connectivity index (χ4n) is 2.79. The van der Waals surface area contributed by atoms with Crippen molar-refractivity contribution in [2.24, 2.45) is 0 Å². The van der Waals surface area contributed by atoms with Gasteiger partial charge in [-0.25, -0.2) is 0 Å². The van der Waals surface area contributed by atoms with E-state index in [1.165, 1.54) is 0 Å². The predicted molar refractivity (Wildman–Crippen MR) is 102 cm³/mol. The molecule has 1 aromatic carbocycles. The minimum atomic E-state index is -0.236. The Bertz CT molecular complexity index is 895. The maximum atomic E-state index is 12.7. The van der Waals surface area contributed by atoms with Crippen molar-refractivity contribution in [3.8, 4) is 0 Å². The van der Waals surface area contributed by atoms with Gasteiger partial charge in [0.05, 0.1) is 0 Å². The number of anilines is 3. The van der Waals surface area contributed by atoms with Crippen LogP contribution >= 0.6 is 0 Å². The average molecular weight is 350 g/mol. The number of nitrogens with one attached hydrogen (secondary N) is 2. The van der Waals surface area contributed by atoms with Crippen molar-refractivity contribution in [3.05, 3.63) is 65.2 Å². The Kier molecular flexibility index (Phi) is 5.31. The molecule has 1 amide bonds. The Morgan fingerprint density at radius 2 is 1.85 bits per heavy atom. The van der Waals surface area contributed by atoms with Gasteiger partial charge in [-0.05, 0) is 43.0 Å². The number of pyridine rings is 1. The van der Waals surface area contributed by atoms with Crippen LogP contribution in [-0.2, 0) is 12.8 Å². The van der Waals surface area contributed by atoms with Crippen molar-refractivity contribution in [2.45, 2.75) is 33.6 Å². The maximum Gasteiger partial charge on any atom is 0.274 e. The van der Waals surface area contributed by atoms with Crippen LogP contribution in [-0.4, -0.2) is 16.0 Å². The Labute approximate surface area is 152 Å². The van der Waals surface area contributed by atoms with Crippen LogP contribution in [0, 0.1) is 6.92 Å². The molecule has 3 rings (SSSR count). The average Bonchev–Trinajstić information content (AvgIpc) is 3.06. The summed E-state index contributed by atoms with van der Waals surface area (Å²) >= 11 is 0. The van der Waals surface area contributed by atoms with E-state index in [1.807, 2.05) is 25.1 Å². The van der Waals surface area contributed by atoms with Gasteiger partial charge in [-0.15, -0.1) is 0 Å². The fraction of sp³-hybridized carbons (Fsp3) is 0.250. The van der Waals surface area contributed by atoms with Gasteiger partial charge in [0, 0.05) is 23.6 Å². The summed E-state index contributed by atoms with van der Waals surface area (Å²) in [4.78, 5) is 16.9. The molecule has 0 spiro atoms. The van der Waals surface area contributed by atoms with Crippen LogP contribution in [0.2, 0.25) is 0 Å². The smallest absolute Gasteiger partial charge is 0.274 e. The van der Waals surface area contributed by atoms with Gasteiger partial charge in [0.1, 0.15) is 11.5 Å². The number of carbonyl (C=O) groups excluding carboxylic acids is 1. The number of hydrogen-bond donors (Lipinski definition) is 2. The van der Waals surface area contributed by atoms with Crippen LogP contribution in [0.4, 0.5) is 17.2 Å². The second kappa shape index (κ2) is 7.82. The SMILES string of the molecule is CCc1cccc(CC)c1NC(=O)c1cc(Nc2cc(C)on2)ccn1. The molecule has 2 heterocycles. The van der Waals surface area contributed by atoms with Gasteiger partial charge in [0.25, 0.3) is 5.91 Å². The monoisotopic (exact) mass is 350 g/mol. The topological polar surface area (TPSA) is 80.0 Å². The molecule has 0 saturated heterocycles. The Morgan fingerprint density at radius 1 is 1.12 bits per heavy atom. The molecule has 0 unspecified atom stereocenters. The number of aromatic nitrogens is 2. The summed E-state index contributed by atoms with van der Waals surface area (Å²) in [6, 6.07) is 11.3. The van der Waals surface area contributed by atoms with E-state index < -0.39 is 0 Å². The Balaban J connectivity index is 1.82. The van der Waals surface area contributed by atoms with E-state index in [9.17, 15) is 4.79 Å². The summed E-state index contributed by atoms with van der Waals surface area (Å²) in [7, 11) is 0. The highest BCUT2D eigenvalue weighted by Gasteiger charge is 2.13. The van der Waals surface area contributed by atoms with Crippen LogP contribution in [0.3, 0.4) is 0 Å². The molecule has 0 bridgehead atoms. The van der Waals surface area contributed by atoms with E-state index in [1.54, 1.807) is 24.4 Å². The minimum Gasteiger partial charge on any atom is -0.360 e. The lowest BCUT2D eigenvalue weighted by Gasteiger charge is -2.14. The predicted octanol–water partition coefficient (Wildman–Crippen LogP) is 4.50. The van der Waals surface area contributed by atoms with Crippen molar-refractivity contribution in [1.29, 1.82) is 0 Å². The molecule has 6 heteroatoms. The lowest BCUT2D eigenvalue weighted by Crippen LogP contribution is -2.16.